The van der Waals surface area contributed by atoms with E-state index in [1.54, 1.807) is 18.2 Å². The Morgan fingerprint density at radius 1 is 0.881 bits per heavy atom. The van der Waals surface area contributed by atoms with Crippen molar-refractivity contribution in [2.24, 2.45) is 0 Å². The molecule has 1 atom stereocenters. The number of ether oxygens (including phenoxy) is 2. The first-order chi connectivity index (χ1) is 19.6. The van der Waals surface area contributed by atoms with Crippen LogP contribution in [0.15, 0.2) is 65.0 Å². The van der Waals surface area contributed by atoms with Crippen molar-refractivity contribution in [3.05, 3.63) is 86.2 Å². The van der Waals surface area contributed by atoms with Gasteiger partial charge in [-0.2, -0.15) is 0 Å². The van der Waals surface area contributed by atoms with Crippen LogP contribution in [0, 0.1) is 0 Å². The Kier molecular flexibility index (Phi) is 10.6. The average Bonchev–Trinajstić information content (AvgIpc) is 2.90. The maximum Gasteiger partial charge on any atom is 0.336 e. The van der Waals surface area contributed by atoms with Gasteiger partial charge in [0.15, 0.2) is 0 Å². The van der Waals surface area contributed by atoms with Crippen LogP contribution in [0.3, 0.4) is 0 Å². The zero-order valence-corrected chi connectivity index (χ0v) is 27.4. The SMILES string of the molecule is COC(=O)C1=C(CCc2ccccc2O[Si](C)(C)C(C)(C)C)NC(CC(=O)O)=C(C(=O)OC)C1c1c(Cl)cccc1Cl. The lowest BCUT2D eigenvalue weighted by Crippen LogP contribution is -2.44. The highest BCUT2D eigenvalue weighted by Crippen LogP contribution is 2.46. The van der Waals surface area contributed by atoms with Crippen LogP contribution in [-0.4, -0.2) is 45.6 Å². The smallest absolute Gasteiger partial charge is 0.336 e. The number of aliphatic carboxylic acids is 1. The van der Waals surface area contributed by atoms with Crippen LogP contribution >= 0.6 is 23.2 Å². The van der Waals surface area contributed by atoms with Crippen molar-refractivity contribution in [3.8, 4) is 5.75 Å². The van der Waals surface area contributed by atoms with Gasteiger partial charge in [-0.3, -0.25) is 4.79 Å². The number of carboxylic acids is 1. The van der Waals surface area contributed by atoms with Gasteiger partial charge in [0.05, 0.1) is 37.7 Å². The second-order valence-electron chi connectivity index (χ2n) is 11.5. The third kappa shape index (κ3) is 7.19. The molecule has 2 aromatic carbocycles. The molecule has 0 aliphatic carbocycles. The molecule has 11 heteroatoms. The van der Waals surface area contributed by atoms with Crippen molar-refractivity contribution >= 4 is 49.4 Å². The Bertz CT molecular complexity index is 1420. The monoisotopic (exact) mass is 633 g/mol. The molecule has 2 aromatic rings. The fourth-order valence-corrected chi connectivity index (χ4v) is 6.24. The van der Waals surface area contributed by atoms with Gasteiger partial charge in [-0.25, -0.2) is 9.59 Å². The predicted octanol–water partition coefficient (Wildman–Crippen LogP) is 7.03. The number of nitrogens with one attached hydrogen (secondary N) is 1. The van der Waals surface area contributed by atoms with E-state index in [4.69, 9.17) is 37.1 Å². The van der Waals surface area contributed by atoms with Gasteiger partial charge in [0.2, 0.25) is 8.32 Å². The van der Waals surface area contributed by atoms with Crippen LogP contribution in [0.4, 0.5) is 0 Å². The topological polar surface area (TPSA) is 111 Å². The molecule has 1 unspecified atom stereocenters. The number of carboxylic acid groups (broad SMARTS) is 1. The molecule has 3 rings (SSSR count). The van der Waals surface area contributed by atoms with Crippen molar-refractivity contribution in [1.82, 2.24) is 5.32 Å². The van der Waals surface area contributed by atoms with E-state index in [-0.39, 0.29) is 43.9 Å². The first kappa shape index (κ1) is 33.2. The molecule has 0 radical (unpaired) electrons. The number of benzene rings is 2. The molecular formula is C31H37Cl2NO7Si. The summed E-state index contributed by atoms with van der Waals surface area (Å²) < 4.78 is 16.8. The summed E-state index contributed by atoms with van der Waals surface area (Å²) in [5, 5.41) is 13.2. The van der Waals surface area contributed by atoms with Gasteiger partial charge in [0.25, 0.3) is 0 Å². The van der Waals surface area contributed by atoms with Gasteiger partial charge in [-0.15, -0.1) is 0 Å². The Hall–Kier alpha value is -3.27. The number of carbonyl (C=O) groups excluding carboxylic acids is 2. The molecule has 0 aromatic heterocycles. The molecule has 0 spiro atoms. The zero-order chi connectivity index (χ0) is 31.4. The van der Waals surface area contributed by atoms with Crippen molar-refractivity contribution in [2.75, 3.05) is 14.2 Å². The van der Waals surface area contributed by atoms with E-state index in [0.717, 1.165) is 11.3 Å². The van der Waals surface area contributed by atoms with E-state index in [1.165, 1.54) is 14.2 Å². The third-order valence-corrected chi connectivity index (χ3v) is 12.7. The number of aryl methyl sites for hydroxylation is 1. The summed E-state index contributed by atoms with van der Waals surface area (Å²) >= 11 is 13.2. The number of esters is 2. The highest BCUT2D eigenvalue weighted by atomic mass is 35.5. The number of carbonyl (C=O) groups is 3. The molecule has 8 nitrogen and oxygen atoms in total. The summed E-state index contributed by atoms with van der Waals surface area (Å²) in [6.07, 6.45) is 0.162. The van der Waals surface area contributed by atoms with Crippen LogP contribution < -0.4 is 9.74 Å². The maximum atomic E-state index is 13.4. The second-order valence-corrected chi connectivity index (χ2v) is 17.0. The van der Waals surface area contributed by atoms with Crippen molar-refractivity contribution < 1.29 is 33.4 Å². The summed E-state index contributed by atoms with van der Waals surface area (Å²) in [6, 6.07) is 12.5. The Labute approximate surface area is 257 Å². The molecule has 42 heavy (non-hydrogen) atoms. The highest BCUT2D eigenvalue weighted by Gasteiger charge is 2.42. The molecule has 226 valence electrons. The van der Waals surface area contributed by atoms with Crippen LogP contribution in [0.1, 0.15) is 50.7 Å². The fourth-order valence-electron chi connectivity index (χ4n) is 4.57. The van der Waals surface area contributed by atoms with Crippen LogP contribution in [0.2, 0.25) is 28.2 Å². The lowest BCUT2D eigenvalue weighted by Gasteiger charge is -2.37. The van der Waals surface area contributed by atoms with Gasteiger partial charge < -0.3 is 24.3 Å². The molecule has 1 aliphatic heterocycles. The number of allylic oxidation sites excluding steroid dienone is 1. The molecule has 0 fully saturated rings. The quantitative estimate of drug-likeness (QED) is 0.212. The van der Waals surface area contributed by atoms with E-state index in [0.29, 0.717) is 12.1 Å². The Morgan fingerprint density at radius 3 is 1.95 bits per heavy atom. The van der Waals surface area contributed by atoms with E-state index in [9.17, 15) is 19.5 Å². The van der Waals surface area contributed by atoms with Crippen LogP contribution in [0.5, 0.6) is 5.75 Å². The molecule has 0 amide bonds. The Morgan fingerprint density at radius 2 is 1.43 bits per heavy atom. The second kappa shape index (κ2) is 13.4. The summed E-state index contributed by atoms with van der Waals surface area (Å²) in [4.78, 5) is 38.5. The summed E-state index contributed by atoms with van der Waals surface area (Å²) in [5.41, 5.74) is 1.64. The summed E-state index contributed by atoms with van der Waals surface area (Å²) in [7, 11) is 0.246. The molecule has 0 saturated carbocycles. The molecule has 0 bridgehead atoms. The van der Waals surface area contributed by atoms with Crippen molar-refractivity contribution in [2.45, 2.75) is 64.1 Å². The van der Waals surface area contributed by atoms with E-state index in [2.05, 4.69) is 39.2 Å². The molecule has 2 N–H and O–H groups in total. The molecular weight excluding hydrogens is 597 g/mol. The minimum Gasteiger partial charge on any atom is -0.543 e. The summed E-state index contributed by atoms with van der Waals surface area (Å²) in [5.74, 6) is -3.12. The molecule has 1 heterocycles. The van der Waals surface area contributed by atoms with Crippen LogP contribution in [0.25, 0.3) is 0 Å². The van der Waals surface area contributed by atoms with E-state index in [1.807, 2.05) is 24.3 Å². The minimum atomic E-state index is -2.16. The number of methoxy groups -OCH3 is 2. The number of dihydropyridines is 1. The lowest BCUT2D eigenvalue weighted by atomic mass is 9.78. The number of rotatable bonds is 10. The largest absolute Gasteiger partial charge is 0.543 e. The van der Waals surface area contributed by atoms with Gasteiger partial charge in [-0.1, -0.05) is 68.2 Å². The predicted molar refractivity (Wildman–Crippen MR) is 165 cm³/mol. The first-order valence-corrected chi connectivity index (χ1v) is 17.1. The van der Waals surface area contributed by atoms with Gasteiger partial charge in [0.1, 0.15) is 5.75 Å². The fraction of sp³-hybridized carbons (Fsp3) is 0.387. The average molecular weight is 635 g/mol. The molecule has 1 aliphatic rings. The lowest BCUT2D eigenvalue weighted by molar-refractivity contribution is -0.137. The van der Waals surface area contributed by atoms with Crippen molar-refractivity contribution in [3.63, 3.8) is 0 Å². The van der Waals surface area contributed by atoms with Gasteiger partial charge in [-0.05, 0) is 54.7 Å². The molecule has 0 saturated heterocycles. The Balaban J connectivity index is 2.20. The highest BCUT2D eigenvalue weighted by molar-refractivity contribution is 6.74. The third-order valence-electron chi connectivity index (χ3n) is 7.74. The van der Waals surface area contributed by atoms with Crippen molar-refractivity contribution in [1.29, 1.82) is 0 Å². The van der Waals surface area contributed by atoms with Gasteiger partial charge in [0, 0.05) is 27.0 Å². The normalized spacial score (nSPS) is 15.7. The minimum absolute atomic E-state index is 0.0200. The van der Waals surface area contributed by atoms with E-state index >= 15 is 0 Å². The zero-order valence-electron chi connectivity index (χ0n) is 24.9. The van der Waals surface area contributed by atoms with E-state index < -0.39 is 38.6 Å². The maximum absolute atomic E-state index is 13.4. The van der Waals surface area contributed by atoms with Gasteiger partial charge >= 0.3 is 17.9 Å². The number of para-hydroxylation sites is 1. The number of hydrogen-bond acceptors (Lipinski definition) is 7. The number of halogens is 2. The standard InChI is InChI=1S/C31H37Cl2NO7Si/c1-31(2,3)42(6,7)41-23-14-9-8-11-18(23)15-16-21-26(29(37)39-4)28(25-19(32)12-10-13-20(25)33)27(30(38)40-5)22(34-21)17-24(35)36/h8-14,28,34H,15-17H2,1-7H3,(H,35,36). The first-order valence-electron chi connectivity index (χ1n) is 13.4. The summed E-state index contributed by atoms with van der Waals surface area (Å²) in [6.45, 7) is 10.8. The van der Waals surface area contributed by atoms with Crippen LogP contribution in [-0.2, 0) is 30.3 Å². The number of hydrogen-bond donors (Lipinski definition) is 2.